The summed E-state index contributed by atoms with van der Waals surface area (Å²) in [7, 11) is -3.62. The molecule has 41 heavy (non-hydrogen) atoms. The molecule has 10 heteroatoms. The van der Waals surface area contributed by atoms with E-state index in [2.05, 4.69) is 5.32 Å². The van der Waals surface area contributed by atoms with E-state index in [9.17, 15) is 18.0 Å². The number of hydrogen-bond donors (Lipinski definition) is 1. The van der Waals surface area contributed by atoms with Crippen LogP contribution in [0.2, 0.25) is 10.0 Å². The Morgan fingerprint density at radius 2 is 1.54 bits per heavy atom. The van der Waals surface area contributed by atoms with Crippen LogP contribution in [-0.2, 0) is 32.6 Å². The molecule has 0 spiro atoms. The van der Waals surface area contributed by atoms with Gasteiger partial charge in [-0.15, -0.1) is 0 Å². The first-order chi connectivity index (χ1) is 19.2. The maximum Gasteiger partial charge on any atom is 0.243 e. The lowest BCUT2D eigenvalue weighted by Crippen LogP contribution is -2.54. The molecule has 0 aliphatic rings. The van der Waals surface area contributed by atoms with Crippen LogP contribution in [0.15, 0.2) is 78.9 Å². The van der Waals surface area contributed by atoms with Crippen molar-refractivity contribution >= 4 is 50.7 Å². The Morgan fingerprint density at radius 1 is 0.878 bits per heavy atom. The van der Waals surface area contributed by atoms with Crippen molar-refractivity contribution in [2.24, 2.45) is 0 Å². The van der Waals surface area contributed by atoms with Crippen LogP contribution < -0.4 is 9.62 Å². The Hall–Kier alpha value is -3.07. The molecule has 0 aliphatic heterocycles. The normalized spacial score (nSPS) is 12.4. The summed E-state index contributed by atoms with van der Waals surface area (Å²) in [6.45, 7) is 5.95. The van der Waals surface area contributed by atoms with E-state index >= 15 is 0 Å². The van der Waals surface area contributed by atoms with Crippen LogP contribution in [0.5, 0.6) is 0 Å². The van der Waals surface area contributed by atoms with Crippen molar-refractivity contribution in [2.45, 2.75) is 58.2 Å². The zero-order chi connectivity index (χ0) is 30.2. The molecule has 0 aliphatic carbocycles. The Morgan fingerprint density at radius 3 is 2.12 bits per heavy atom. The van der Waals surface area contributed by atoms with Gasteiger partial charge in [0.25, 0.3) is 0 Å². The van der Waals surface area contributed by atoms with Crippen LogP contribution in [0.25, 0.3) is 0 Å². The average Bonchev–Trinajstić information content (AvgIpc) is 2.88. The lowest BCUT2D eigenvalue weighted by molar-refractivity contribution is -0.142. The Kier molecular flexibility index (Phi) is 11.2. The van der Waals surface area contributed by atoms with Crippen molar-refractivity contribution in [1.82, 2.24) is 10.2 Å². The van der Waals surface area contributed by atoms with E-state index in [1.165, 1.54) is 4.31 Å². The standard InChI is InChI=1S/C31H37Cl2N3O4S/c1-31(2,3)34-30(38)28(20-23-10-6-5-7-11-23)35(22-24-15-17-25(32)18-16-24)29(37)14-9-19-36(41(4,39)40)27-13-8-12-26(33)21-27/h5-8,10-13,15-18,21,28H,9,14,19-20,22H2,1-4H3,(H,34,38)/t28-/m0/s1. The number of anilines is 1. The van der Waals surface area contributed by atoms with Crippen molar-refractivity contribution in [2.75, 3.05) is 17.1 Å². The van der Waals surface area contributed by atoms with E-state index in [1.807, 2.05) is 63.2 Å². The molecule has 220 valence electrons. The van der Waals surface area contributed by atoms with Crippen molar-refractivity contribution in [1.29, 1.82) is 0 Å². The first-order valence-corrected chi connectivity index (χ1v) is 16.0. The fourth-order valence-corrected chi connectivity index (χ4v) is 5.70. The summed E-state index contributed by atoms with van der Waals surface area (Å²) in [5, 5.41) is 4.02. The van der Waals surface area contributed by atoms with Gasteiger partial charge in [0.2, 0.25) is 21.8 Å². The number of carbonyl (C=O) groups excluding carboxylic acids is 2. The van der Waals surface area contributed by atoms with Crippen molar-refractivity contribution in [3.05, 3.63) is 100 Å². The van der Waals surface area contributed by atoms with Gasteiger partial charge in [0.05, 0.1) is 11.9 Å². The molecular formula is C31H37Cl2N3O4S. The molecule has 1 N–H and O–H groups in total. The van der Waals surface area contributed by atoms with Gasteiger partial charge in [-0.1, -0.05) is 71.7 Å². The van der Waals surface area contributed by atoms with Crippen molar-refractivity contribution < 1.29 is 18.0 Å². The molecule has 3 aromatic carbocycles. The number of amides is 2. The van der Waals surface area contributed by atoms with E-state index in [0.717, 1.165) is 17.4 Å². The molecule has 2 amide bonds. The van der Waals surface area contributed by atoms with E-state index in [-0.39, 0.29) is 37.7 Å². The van der Waals surface area contributed by atoms with Gasteiger partial charge >= 0.3 is 0 Å². The minimum atomic E-state index is -3.62. The zero-order valence-electron chi connectivity index (χ0n) is 23.8. The number of nitrogens with zero attached hydrogens (tertiary/aromatic N) is 2. The molecule has 7 nitrogen and oxygen atoms in total. The Labute approximate surface area is 253 Å². The van der Waals surface area contributed by atoms with Gasteiger partial charge in [-0.05, 0) is 68.7 Å². The van der Waals surface area contributed by atoms with E-state index in [4.69, 9.17) is 23.2 Å². The fourth-order valence-electron chi connectivity index (χ4n) is 4.43. The summed E-state index contributed by atoms with van der Waals surface area (Å²) in [4.78, 5) is 29.1. The first-order valence-electron chi connectivity index (χ1n) is 13.4. The quantitative estimate of drug-likeness (QED) is 0.266. The summed E-state index contributed by atoms with van der Waals surface area (Å²) in [6, 6.07) is 22.5. The minimum absolute atomic E-state index is 0.0360. The highest BCUT2D eigenvalue weighted by Crippen LogP contribution is 2.23. The van der Waals surface area contributed by atoms with E-state index in [1.54, 1.807) is 41.3 Å². The van der Waals surface area contributed by atoms with Crippen LogP contribution in [0.4, 0.5) is 5.69 Å². The highest BCUT2D eigenvalue weighted by atomic mass is 35.5. The van der Waals surface area contributed by atoms with Crippen LogP contribution in [0.3, 0.4) is 0 Å². The van der Waals surface area contributed by atoms with E-state index < -0.39 is 21.6 Å². The maximum absolute atomic E-state index is 13.9. The van der Waals surface area contributed by atoms with Gasteiger partial charge in [-0.2, -0.15) is 0 Å². The topological polar surface area (TPSA) is 86.8 Å². The van der Waals surface area contributed by atoms with Gasteiger partial charge in [0.1, 0.15) is 6.04 Å². The molecule has 0 bridgehead atoms. The molecule has 0 aromatic heterocycles. The monoisotopic (exact) mass is 617 g/mol. The summed E-state index contributed by atoms with van der Waals surface area (Å²) in [5.74, 6) is -0.523. The Balaban J connectivity index is 1.90. The highest BCUT2D eigenvalue weighted by Gasteiger charge is 2.32. The van der Waals surface area contributed by atoms with Crippen LogP contribution in [0, 0.1) is 0 Å². The molecule has 0 fully saturated rings. The SMILES string of the molecule is CC(C)(C)NC(=O)[C@H](Cc1ccccc1)N(Cc1ccc(Cl)cc1)C(=O)CCCN(c1cccc(Cl)c1)S(C)(=O)=O. The van der Waals surface area contributed by atoms with Crippen LogP contribution in [0.1, 0.15) is 44.7 Å². The fraction of sp³-hybridized carbons (Fsp3) is 0.355. The molecule has 0 saturated heterocycles. The third kappa shape index (κ3) is 10.4. The highest BCUT2D eigenvalue weighted by molar-refractivity contribution is 7.92. The third-order valence-corrected chi connectivity index (χ3v) is 7.96. The van der Waals surface area contributed by atoms with Gasteiger partial charge < -0.3 is 10.2 Å². The Bertz CT molecular complexity index is 1430. The van der Waals surface area contributed by atoms with Gasteiger partial charge in [-0.3, -0.25) is 13.9 Å². The molecule has 1 atom stereocenters. The summed E-state index contributed by atoms with van der Waals surface area (Å²) >= 11 is 12.2. The van der Waals surface area contributed by atoms with Gasteiger partial charge in [0.15, 0.2) is 0 Å². The smallest absolute Gasteiger partial charge is 0.243 e. The second-order valence-electron chi connectivity index (χ2n) is 11.0. The molecule has 3 rings (SSSR count). The number of halogens is 2. The third-order valence-electron chi connectivity index (χ3n) is 6.28. The average molecular weight is 619 g/mol. The lowest BCUT2D eigenvalue weighted by Gasteiger charge is -2.34. The van der Waals surface area contributed by atoms with Crippen molar-refractivity contribution in [3.63, 3.8) is 0 Å². The number of rotatable bonds is 12. The number of hydrogen-bond acceptors (Lipinski definition) is 4. The number of sulfonamides is 1. The summed E-state index contributed by atoms with van der Waals surface area (Å²) in [5.41, 5.74) is 1.66. The largest absolute Gasteiger partial charge is 0.350 e. The second-order valence-corrected chi connectivity index (χ2v) is 13.8. The number of carbonyl (C=O) groups is 2. The van der Waals surface area contributed by atoms with Gasteiger partial charge in [-0.25, -0.2) is 8.42 Å². The minimum Gasteiger partial charge on any atom is -0.350 e. The number of benzene rings is 3. The molecule has 0 heterocycles. The lowest BCUT2D eigenvalue weighted by atomic mass is 10.00. The van der Waals surface area contributed by atoms with Gasteiger partial charge in [0, 0.05) is 41.5 Å². The molecule has 3 aromatic rings. The van der Waals surface area contributed by atoms with E-state index in [0.29, 0.717) is 22.2 Å². The molecular weight excluding hydrogens is 581 g/mol. The summed E-state index contributed by atoms with van der Waals surface area (Å²) in [6.07, 6.45) is 1.72. The maximum atomic E-state index is 13.9. The number of nitrogens with one attached hydrogen (secondary N) is 1. The molecule has 0 radical (unpaired) electrons. The van der Waals surface area contributed by atoms with Crippen LogP contribution >= 0.6 is 23.2 Å². The molecule has 0 saturated carbocycles. The zero-order valence-corrected chi connectivity index (χ0v) is 26.1. The predicted octanol–water partition coefficient (Wildman–Crippen LogP) is 6.09. The second kappa shape index (κ2) is 14.2. The summed E-state index contributed by atoms with van der Waals surface area (Å²) < 4.78 is 26.4. The first kappa shape index (κ1) is 32.4. The molecule has 0 unspecified atom stereocenters. The van der Waals surface area contributed by atoms with Crippen LogP contribution in [-0.4, -0.2) is 49.5 Å². The predicted molar refractivity (Wildman–Crippen MR) is 167 cm³/mol. The van der Waals surface area contributed by atoms with Crippen molar-refractivity contribution in [3.8, 4) is 0 Å².